The molecule has 0 spiro atoms. The highest BCUT2D eigenvalue weighted by Crippen LogP contribution is 2.47. The number of benzene rings is 2. The van der Waals surface area contributed by atoms with Crippen molar-refractivity contribution in [3.05, 3.63) is 47.5 Å². The van der Waals surface area contributed by atoms with E-state index in [0.29, 0.717) is 23.4 Å². The Morgan fingerprint density at radius 3 is 2.57 bits per heavy atom. The van der Waals surface area contributed by atoms with E-state index in [1.165, 1.54) is 0 Å². The molecule has 0 amide bonds. The molecule has 3 aromatic rings. The molecule has 3 N–H and O–H groups in total. The van der Waals surface area contributed by atoms with Gasteiger partial charge in [-0.3, -0.25) is 0 Å². The molecule has 0 unspecified atom stereocenters. The summed E-state index contributed by atoms with van der Waals surface area (Å²) >= 11 is 0. The summed E-state index contributed by atoms with van der Waals surface area (Å²) in [6.45, 7) is 10.1. The largest absolute Gasteiger partial charge is 0.507 e. The third-order valence-corrected chi connectivity index (χ3v) is 4.90. The molecule has 0 saturated carbocycles. The second-order valence-electron chi connectivity index (χ2n) is 7.19. The van der Waals surface area contributed by atoms with Gasteiger partial charge in [0.05, 0.1) is 11.1 Å². The van der Waals surface area contributed by atoms with E-state index in [1.807, 2.05) is 32.0 Å². The predicted octanol–water partition coefficient (Wildman–Crippen LogP) is 5.02. The molecule has 1 aromatic heterocycles. The highest BCUT2D eigenvalue weighted by atomic mass is 16.3. The highest BCUT2D eigenvalue weighted by molar-refractivity contribution is 5.91. The number of aromatic nitrogens is 4. The standard InChI is InChI=1S/C22H26N4O2/c1-5-6-7-8-15-12-18(27)20(21(28)19(15)22-23-25-26-24-22)17-11-14(4)9-10-16(17)13(2)3/h9-12,27-28H,2,5-8H2,1,3-4H3,(H,23,24,25,26). The third-order valence-electron chi connectivity index (χ3n) is 4.90. The van der Waals surface area contributed by atoms with Crippen molar-refractivity contribution in [3.63, 3.8) is 0 Å². The van der Waals surface area contributed by atoms with Crippen molar-refractivity contribution < 1.29 is 10.2 Å². The Hall–Kier alpha value is -3.15. The summed E-state index contributed by atoms with van der Waals surface area (Å²) in [5.74, 6) is 0.390. The van der Waals surface area contributed by atoms with E-state index in [-0.39, 0.29) is 11.5 Å². The number of H-pyrrole nitrogens is 1. The lowest BCUT2D eigenvalue weighted by atomic mass is 9.89. The molecule has 6 heteroatoms. The molecule has 2 aromatic carbocycles. The van der Waals surface area contributed by atoms with Gasteiger partial charge in [0.25, 0.3) is 0 Å². The van der Waals surface area contributed by atoms with Gasteiger partial charge in [-0.15, -0.1) is 5.10 Å². The summed E-state index contributed by atoms with van der Waals surface area (Å²) in [4.78, 5) is 0. The fraction of sp³-hybridized carbons (Fsp3) is 0.318. The van der Waals surface area contributed by atoms with E-state index in [2.05, 4.69) is 34.1 Å². The summed E-state index contributed by atoms with van der Waals surface area (Å²) in [5, 5.41) is 36.1. The first-order valence-electron chi connectivity index (χ1n) is 9.52. The van der Waals surface area contributed by atoms with Crippen LogP contribution in [0.3, 0.4) is 0 Å². The second kappa shape index (κ2) is 8.25. The molecule has 0 atom stereocenters. The fourth-order valence-electron chi connectivity index (χ4n) is 3.50. The van der Waals surface area contributed by atoms with Crippen LogP contribution in [0.25, 0.3) is 28.1 Å². The van der Waals surface area contributed by atoms with Crippen molar-refractivity contribution in [3.8, 4) is 34.0 Å². The SMILES string of the molecule is C=C(C)c1ccc(C)cc1-c1c(O)cc(CCCCC)c(-c2nnn[nH]2)c1O. The topological polar surface area (TPSA) is 94.9 Å². The zero-order valence-electron chi connectivity index (χ0n) is 16.6. The lowest BCUT2D eigenvalue weighted by Gasteiger charge is -2.18. The summed E-state index contributed by atoms with van der Waals surface area (Å²) in [7, 11) is 0. The number of aryl methyl sites for hydroxylation is 2. The van der Waals surface area contributed by atoms with Crippen LogP contribution >= 0.6 is 0 Å². The van der Waals surface area contributed by atoms with Crippen LogP contribution < -0.4 is 0 Å². The van der Waals surface area contributed by atoms with Gasteiger partial charge in [0, 0.05) is 0 Å². The van der Waals surface area contributed by atoms with Crippen LogP contribution in [-0.2, 0) is 6.42 Å². The van der Waals surface area contributed by atoms with Crippen molar-refractivity contribution in [1.29, 1.82) is 0 Å². The lowest BCUT2D eigenvalue weighted by Crippen LogP contribution is -1.97. The van der Waals surface area contributed by atoms with Crippen LogP contribution in [0, 0.1) is 6.92 Å². The molecule has 0 radical (unpaired) electrons. The Morgan fingerprint density at radius 2 is 1.93 bits per heavy atom. The minimum atomic E-state index is -0.0295. The molecule has 0 fully saturated rings. The minimum absolute atomic E-state index is 0.0295. The second-order valence-corrected chi connectivity index (χ2v) is 7.19. The number of aromatic hydroxyl groups is 2. The number of unbranched alkanes of at least 4 members (excludes halogenated alkanes) is 2. The zero-order chi connectivity index (χ0) is 20.3. The van der Waals surface area contributed by atoms with Crippen molar-refractivity contribution >= 4 is 5.57 Å². The van der Waals surface area contributed by atoms with Crippen LogP contribution in [0.4, 0.5) is 0 Å². The smallest absolute Gasteiger partial charge is 0.183 e. The maximum absolute atomic E-state index is 11.2. The first kappa shape index (κ1) is 19.6. The van der Waals surface area contributed by atoms with E-state index in [0.717, 1.165) is 47.1 Å². The summed E-state index contributed by atoms with van der Waals surface area (Å²) in [5.41, 5.74) is 5.19. The molecule has 0 aliphatic heterocycles. The Kier molecular flexibility index (Phi) is 5.78. The number of allylic oxidation sites excluding steroid dienone is 1. The summed E-state index contributed by atoms with van der Waals surface area (Å²) in [6, 6.07) is 7.60. The average molecular weight is 378 g/mol. The van der Waals surface area contributed by atoms with Gasteiger partial charge in [-0.2, -0.15) is 0 Å². The maximum Gasteiger partial charge on any atom is 0.183 e. The average Bonchev–Trinajstić information content (AvgIpc) is 3.15. The number of nitrogens with one attached hydrogen (secondary N) is 1. The molecule has 3 rings (SSSR count). The lowest BCUT2D eigenvalue weighted by molar-refractivity contribution is 0.453. The van der Waals surface area contributed by atoms with E-state index in [9.17, 15) is 10.2 Å². The van der Waals surface area contributed by atoms with E-state index < -0.39 is 0 Å². The minimum Gasteiger partial charge on any atom is -0.507 e. The van der Waals surface area contributed by atoms with Gasteiger partial charge in [0.1, 0.15) is 11.5 Å². The summed E-state index contributed by atoms with van der Waals surface area (Å²) in [6.07, 6.45) is 3.81. The number of nitrogens with zero attached hydrogens (tertiary/aromatic N) is 3. The molecular weight excluding hydrogens is 352 g/mol. The van der Waals surface area contributed by atoms with Crippen molar-refractivity contribution in [2.45, 2.75) is 46.5 Å². The molecule has 0 saturated heterocycles. The van der Waals surface area contributed by atoms with Gasteiger partial charge in [0.15, 0.2) is 5.82 Å². The maximum atomic E-state index is 11.2. The normalized spacial score (nSPS) is 11.0. The Bertz CT molecular complexity index is 994. The van der Waals surface area contributed by atoms with Crippen LogP contribution in [0.5, 0.6) is 11.5 Å². The van der Waals surface area contributed by atoms with Crippen LogP contribution in [-0.4, -0.2) is 30.8 Å². The summed E-state index contributed by atoms with van der Waals surface area (Å²) < 4.78 is 0. The Labute approximate surface area is 165 Å². The van der Waals surface area contributed by atoms with Gasteiger partial charge in [-0.25, -0.2) is 5.10 Å². The van der Waals surface area contributed by atoms with Crippen molar-refractivity contribution in [1.82, 2.24) is 20.6 Å². The Morgan fingerprint density at radius 1 is 1.14 bits per heavy atom. The number of phenols is 2. The molecule has 28 heavy (non-hydrogen) atoms. The van der Waals surface area contributed by atoms with E-state index >= 15 is 0 Å². The van der Waals surface area contributed by atoms with Gasteiger partial charge in [-0.05, 0) is 59.9 Å². The quantitative estimate of drug-likeness (QED) is 0.502. The van der Waals surface area contributed by atoms with E-state index in [1.54, 1.807) is 6.07 Å². The molecule has 146 valence electrons. The first-order chi connectivity index (χ1) is 13.4. The van der Waals surface area contributed by atoms with Gasteiger partial charge in [0.2, 0.25) is 0 Å². The molecule has 6 nitrogen and oxygen atoms in total. The number of aromatic amines is 1. The molecule has 0 aliphatic carbocycles. The molecular formula is C22H26N4O2. The Balaban J connectivity index is 2.26. The van der Waals surface area contributed by atoms with Crippen molar-refractivity contribution in [2.24, 2.45) is 0 Å². The van der Waals surface area contributed by atoms with Crippen molar-refractivity contribution in [2.75, 3.05) is 0 Å². The molecule has 0 aliphatic rings. The van der Waals surface area contributed by atoms with Gasteiger partial charge in [-0.1, -0.05) is 55.7 Å². The molecule has 0 bridgehead atoms. The fourth-order valence-corrected chi connectivity index (χ4v) is 3.50. The highest BCUT2D eigenvalue weighted by Gasteiger charge is 2.23. The zero-order valence-corrected chi connectivity index (χ0v) is 16.6. The van der Waals surface area contributed by atoms with E-state index in [4.69, 9.17) is 0 Å². The number of phenolic OH excluding ortho intramolecular Hbond substituents is 2. The number of hydrogen-bond acceptors (Lipinski definition) is 5. The van der Waals surface area contributed by atoms with Crippen LogP contribution in [0.1, 0.15) is 49.8 Å². The van der Waals surface area contributed by atoms with Crippen LogP contribution in [0.2, 0.25) is 0 Å². The number of rotatable bonds is 7. The predicted molar refractivity (Wildman–Crippen MR) is 111 cm³/mol. The first-order valence-corrected chi connectivity index (χ1v) is 9.52. The van der Waals surface area contributed by atoms with Gasteiger partial charge >= 0.3 is 0 Å². The van der Waals surface area contributed by atoms with Crippen LogP contribution in [0.15, 0.2) is 30.8 Å². The molecule has 1 heterocycles. The third kappa shape index (κ3) is 3.76. The number of tetrazole rings is 1. The van der Waals surface area contributed by atoms with Gasteiger partial charge < -0.3 is 10.2 Å². The number of hydrogen-bond donors (Lipinski definition) is 3. The monoisotopic (exact) mass is 378 g/mol.